The van der Waals surface area contributed by atoms with Gasteiger partial charge in [0.15, 0.2) is 17.4 Å². The molecule has 0 aromatic heterocycles. The van der Waals surface area contributed by atoms with Crippen LogP contribution in [0.5, 0.6) is 5.75 Å². The van der Waals surface area contributed by atoms with E-state index in [0.29, 0.717) is 5.92 Å². The zero-order chi connectivity index (χ0) is 23.2. The summed E-state index contributed by atoms with van der Waals surface area (Å²) in [5, 5.41) is 0. The minimum atomic E-state index is -0.565. The molecule has 1 aromatic carbocycles. The number of halogens is 2. The lowest BCUT2D eigenvalue weighted by Gasteiger charge is -2.45. The lowest BCUT2D eigenvalue weighted by molar-refractivity contribution is 0.0613. The van der Waals surface area contributed by atoms with Crippen molar-refractivity contribution in [2.24, 2.45) is 29.6 Å². The Morgan fingerprint density at radius 3 is 1.97 bits per heavy atom. The van der Waals surface area contributed by atoms with Crippen molar-refractivity contribution in [3.05, 3.63) is 29.3 Å². The third-order valence-corrected chi connectivity index (χ3v) is 9.61. The highest BCUT2D eigenvalue weighted by Crippen LogP contribution is 2.50. The summed E-state index contributed by atoms with van der Waals surface area (Å²) < 4.78 is 33.2. The van der Waals surface area contributed by atoms with Crippen molar-refractivity contribution in [3.63, 3.8) is 0 Å². The zero-order valence-electron chi connectivity index (χ0n) is 21.1. The predicted octanol–water partition coefficient (Wildman–Crippen LogP) is 9.44. The number of methoxy groups -OCH3 is 1. The lowest BCUT2D eigenvalue weighted by atomic mass is 9.60. The molecule has 4 rings (SSSR count). The van der Waals surface area contributed by atoms with Crippen LogP contribution in [0.25, 0.3) is 0 Å². The average molecular weight is 461 g/mol. The molecule has 0 bridgehead atoms. The molecule has 3 aliphatic rings. The molecule has 0 radical (unpaired) electrons. The third kappa shape index (κ3) is 6.31. The highest BCUT2D eigenvalue weighted by Gasteiger charge is 2.38. The van der Waals surface area contributed by atoms with Crippen LogP contribution in [-0.4, -0.2) is 7.11 Å². The molecule has 0 N–H and O–H groups in total. The molecule has 0 spiro atoms. The Morgan fingerprint density at radius 2 is 1.30 bits per heavy atom. The quantitative estimate of drug-likeness (QED) is 0.333. The van der Waals surface area contributed by atoms with Crippen LogP contribution in [-0.2, 0) is 0 Å². The van der Waals surface area contributed by atoms with Gasteiger partial charge in [0.25, 0.3) is 0 Å². The van der Waals surface area contributed by atoms with Gasteiger partial charge in [-0.1, -0.05) is 51.9 Å². The maximum atomic E-state index is 14.2. The molecule has 1 aromatic rings. The number of rotatable bonds is 9. The molecule has 33 heavy (non-hydrogen) atoms. The Bertz CT molecular complexity index is 716. The summed E-state index contributed by atoms with van der Waals surface area (Å²) in [6.07, 6.45) is 21.9. The lowest BCUT2D eigenvalue weighted by Crippen LogP contribution is -2.34. The highest BCUT2D eigenvalue weighted by atomic mass is 19.1. The first-order valence-electron chi connectivity index (χ1n) is 14.1. The first-order valence-corrected chi connectivity index (χ1v) is 14.1. The molecule has 4 unspecified atom stereocenters. The van der Waals surface area contributed by atoms with E-state index in [4.69, 9.17) is 4.74 Å². The Hall–Kier alpha value is -1.12. The molecule has 3 saturated carbocycles. The molecule has 1 nitrogen and oxygen atoms in total. The number of hydrogen-bond donors (Lipinski definition) is 0. The van der Waals surface area contributed by atoms with E-state index >= 15 is 0 Å². The fraction of sp³-hybridized carbons (Fsp3) is 0.800. The van der Waals surface area contributed by atoms with Gasteiger partial charge in [-0.3, -0.25) is 0 Å². The zero-order valence-corrected chi connectivity index (χ0v) is 21.1. The van der Waals surface area contributed by atoms with E-state index in [9.17, 15) is 8.78 Å². The number of ether oxygens (including phenoxy) is 1. The van der Waals surface area contributed by atoms with Gasteiger partial charge < -0.3 is 4.74 Å². The van der Waals surface area contributed by atoms with Crippen LogP contribution in [0.1, 0.15) is 121 Å². The topological polar surface area (TPSA) is 9.23 Å². The van der Waals surface area contributed by atoms with Gasteiger partial charge in [0.05, 0.1) is 7.11 Å². The molecule has 0 aliphatic heterocycles. The van der Waals surface area contributed by atoms with Crippen molar-refractivity contribution in [2.45, 2.75) is 116 Å². The maximum Gasteiger partial charge on any atom is 0.190 e. The first kappa shape index (κ1) is 25.0. The molecule has 186 valence electrons. The van der Waals surface area contributed by atoms with Crippen molar-refractivity contribution in [1.82, 2.24) is 0 Å². The molecule has 0 saturated heterocycles. The van der Waals surface area contributed by atoms with Gasteiger partial charge in [-0.15, -0.1) is 0 Å². The number of unbranched alkanes of at least 4 members (excludes halogenated alkanes) is 4. The van der Waals surface area contributed by atoms with E-state index < -0.39 is 11.6 Å². The van der Waals surface area contributed by atoms with E-state index in [0.717, 1.165) is 48.0 Å². The highest BCUT2D eigenvalue weighted by molar-refractivity contribution is 5.33. The molecular formula is C30H46F2O. The predicted molar refractivity (Wildman–Crippen MR) is 133 cm³/mol. The summed E-state index contributed by atoms with van der Waals surface area (Å²) >= 11 is 0. The Labute approximate surface area is 201 Å². The van der Waals surface area contributed by atoms with Crippen molar-refractivity contribution in [1.29, 1.82) is 0 Å². The Balaban J connectivity index is 1.21. The molecule has 0 heterocycles. The fourth-order valence-corrected chi connectivity index (χ4v) is 7.68. The smallest absolute Gasteiger partial charge is 0.190 e. The van der Waals surface area contributed by atoms with E-state index in [-0.39, 0.29) is 5.75 Å². The van der Waals surface area contributed by atoms with Crippen LogP contribution in [0, 0.1) is 41.2 Å². The van der Waals surface area contributed by atoms with Crippen LogP contribution < -0.4 is 4.74 Å². The second kappa shape index (κ2) is 12.0. The van der Waals surface area contributed by atoms with E-state index in [1.54, 1.807) is 0 Å². The van der Waals surface area contributed by atoms with Crippen LogP contribution in [0.15, 0.2) is 12.1 Å². The standard InChI is InChI=1S/C30H46F2O/c1-3-4-5-6-7-8-21-9-10-26-18-25(16-15-24(26)17-21)22-11-13-23(14-12-22)27-19-28(31)30(33-2)29(32)20-27/h19-26H,3-18H2,1-2H3. The number of benzene rings is 1. The van der Waals surface area contributed by atoms with Crippen molar-refractivity contribution >= 4 is 0 Å². The summed E-state index contributed by atoms with van der Waals surface area (Å²) in [5.74, 6) is 3.60. The van der Waals surface area contributed by atoms with Gasteiger partial charge in [0, 0.05) is 0 Å². The normalized spacial score (nSPS) is 32.4. The summed E-state index contributed by atoms with van der Waals surface area (Å²) in [5.41, 5.74) is 0.820. The summed E-state index contributed by atoms with van der Waals surface area (Å²) in [6, 6.07) is 3.00. The molecular weight excluding hydrogens is 414 g/mol. The summed E-state index contributed by atoms with van der Waals surface area (Å²) in [7, 11) is 1.32. The largest absolute Gasteiger partial charge is 0.491 e. The van der Waals surface area contributed by atoms with E-state index in [1.165, 1.54) is 109 Å². The maximum absolute atomic E-state index is 14.2. The SMILES string of the molecule is CCCCCCCC1CCC2CC(C3CCC(c4cc(F)c(OC)c(F)c4)CC3)CCC2C1. The van der Waals surface area contributed by atoms with Crippen LogP contribution in [0.4, 0.5) is 8.78 Å². The van der Waals surface area contributed by atoms with Crippen LogP contribution >= 0.6 is 0 Å². The molecule has 3 heteroatoms. The van der Waals surface area contributed by atoms with E-state index in [2.05, 4.69) is 6.92 Å². The Kier molecular flexibility index (Phi) is 9.11. The van der Waals surface area contributed by atoms with Crippen molar-refractivity contribution in [2.75, 3.05) is 7.11 Å². The fourth-order valence-electron chi connectivity index (χ4n) is 7.68. The second-order valence-corrected chi connectivity index (χ2v) is 11.6. The van der Waals surface area contributed by atoms with Crippen LogP contribution in [0.2, 0.25) is 0 Å². The van der Waals surface area contributed by atoms with Gasteiger partial charge in [0.1, 0.15) is 0 Å². The van der Waals surface area contributed by atoms with Crippen molar-refractivity contribution < 1.29 is 13.5 Å². The summed E-state index contributed by atoms with van der Waals surface area (Å²) in [6.45, 7) is 2.30. The van der Waals surface area contributed by atoms with Crippen molar-refractivity contribution in [3.8, 4) is 5.75 Å². The molecule has 0 amide bonds. The van der Waals surface area contributed by atoms with Crippen LogP contribution in [0.3, 0.4) is 0 Å². The van der Waals surface area contributed by atoms with E-state index in [1.807, 2.05) is 0 Å². The third-order valence-electron chi connectivity index (χ3n) is 9.61. The molecule has 3 aliphatic carbocycles. The summed E-state index contributed by atoms with van der Waals surface area (Å²) in [4.78, 5) is 0. The second-order valence-electron chi connectivity index (χ2n) is 11.6. The van der Waals surface area contributed by atoms with Gasteiger partial charge in [-0.05, 0) is 111 Å². The Morgan fingerprint density at radius 1 is 0.727 bits per heavy atom. The van der Waals surface area contributed by atoms with Gasteiger partial charge in [-0.25, -0.2) is 8.78 Å². The minimum absolute atomic E-state index is 0.254. The van der Waals surface area contributed by atoms with Gasteiger partial charge in [-0.2, -0.15) is 0 Å². The average Bonchev–Trinajstić information content (AvgIpc) is 2.83. The van der Waals surface area contributed by atoms with Gasteiger partial charge in [0.2, 0.25) is 0 Å². The minimum Gasteiger partial charge on any atom is -0.491 e. The molecule has 4 atom stereocenters. The molecule has 3 fully saturated rings. The number of fused-ring (bicyclic) bond motifs is 1. The number of hydrogen-bond acceptors (Lipinski definition) is 1. The van der Waals surface area contributed by atoms with Gasteiger partial charge >= 0.3 is 0 Å². The first-order chi connectivity index (χ1) is 16.1. The monoisotopic (exact) mass is 460 g/mol.